The predicted octanol–water partition coefficient (Wildman–Crippen LogP) is 5.85. The maximum atomic E-state index is 6.23. The number of nitrogens with one attached hydrogen (secondary N) is 1. The van der Waals surface area contributed by atoms with E-state index in [4.69, 9.17) is 11.6 Å². The maximum absolute atomic E-state index is 6.23. The lowest BCUT2D eigenvalue weighted by molar-refractivity contribution is 0.156. The first-order chi connectivity index (χ1) is 12.6. The summed E-state index contributed by atoms with van der Waals surface area (Å²) in [5.74, 6) is 2.12. The average Bonchev–Trinajstić information content (AvgIpc) is 3.42. The van der Waals surface area contributed by atoms with E-state index in [1.807, 2.05) is 12.1 Å². The van der Waals surface area contributed by atoms with Crippen LogP contribution in [0.4, 0.5) is 0 Å². The van der Waals surface area contributed by atoms with Gasteiger partial charge >= 0.3 is 0 Å². The van der Waals surface area contributed by atoms with Gasteiger partial charge < -0.3 is 5.32 Å². The molecule has 26 heavy (non-hydrogen) atoms. The van der Waals surface area contributed by atoms with Crippen LogP contribution in [0, 0.1) is 11.8 Å². The Morgan fingerprint density at radius 1 is 1.27 bits per heavy atom. The third kappa shape index (κ3) is 4.02. The van der Waals surface area contributed by atoms with Crippen LogP contribution in [0.25, 0.3) is 5.70 Å². The van der Waals surface area contributed by atoms with Crippen LogP contribution >= 0.6 is 11.6 Å². The van der Waals surface area contributed by atoms with Crippen molar-refractivity contribution in [3.05, 3.63) is 52.2 Å². The van der Waals surface area contributed by atoms with Crippen LogP contribution in [-0.2, 0) is 0 Å². The highest BCUT2D eigenvalue weighted by molar-refractivity contribution is 6.30. The van der Waals surface area contributed by atoms with Gasteiger partial charge in [-0.25, -0.2) is 0 Å². The number of allylic oxidation sites excluding steroid dienone is 1. The Bertz CT molecular complexity index is 721. The number of halogens is 1. The van der Waals surface area contributed by atoms with Crippen LogP contribution < -0.4 is 5.32 Å². The summed E-state index contributed by atoms with van der Waals surface area (Å²) in [6.45, 7) is 6.77. The zero-order chi connectivity index (χ0) is 18.1. The van der Waals surface area contributed by atoms with Crippen LogP contribution in [-0.4, -0.2) is 24.0 Å². The van der Waals surface area contributed by atoms with Crippen LogP contribution in [0.1, 0.15) is 57.9 Å². The summed E-state index contributed by atoms with van der Waals surface area (Å²) in [5.41, 5.74) is 5.27. The molecule has 3 atom stereocenters. The second kappa shape index (κ2) is 7.78. The zero-order valence-electron chi connectivity index (χ0n) is 16.1. The molecule has 2 saturated carbocycles. The second-order valence-corrected chi connectivity index (χ2v) is 8.80. The van der Waals surface area contributed by atoms with Gasteiger partial charge in [0.1, 0.15) is 0 Å². The highest BCUT2D eigenvalue weighted by atomic mass is 35.5. The lowest BCUT2D eigenvalue weighted by Crippen LogP contribution is -2.43. The molecule has 0 radical (unpaired) electrons. The first-order valence-corrected chi connectivity index (χ1v) is 10.7. The summed E-state index contributed by atoms with van der Waals surface area (Å²) in [5, 5.41) is 4.58. The van der Waals surface area contributed by atoms with Crippen LogP contribution in [0.5, 0.6) is 0 Å². The largest absolute Gasteiger partial charge is 0.358 e. The van der Waals surface area contributed by atoms with Gasteiger partial charge in [0.2, 0.25) is 0 Å². The number of fused-ring (bicyclic) bond motifs is 1. The molecule has 1 N–H and O–H groups in total. The fraction of sp³-hybridized carbons (Fsp3) is 0.565. The maximum Gasteiger partial charge on any atom is 0.0415 e. The number of nitrogens with zero attached hydrogens (tertiary/aromatic N) is 1. The molecule has 3 heteroatoms. The van der Waals surface area contributed by atoms with Crippen LogP contribution in [0.15, 0.2) is 41.6 Å². The molecule has 2 aliphatic carbocycles. The molecule has 0 saturated heterocycles. The fourth-order valence-corrected chi connectivity index (χ4v) is 4.95. The Kier molecular flexibility index (Phi) is 5.42. The number of rotatable bonds is 5. The van der Waals surface area contributed by atoms with Crippen LogP contribution in [0.2, 0.25) is 5.02 Å². The average molecular weight is 371 g/mol. The molecule has 0 aromatic heterocycles. The van der Waals surface area contributed by atoms with E-state index in [9.17, 15) is 0 Å². The van der Waals surface area contributed by atoms with Gasteiger partial charge in [-0.05, 0) is 75.0 Å². The first-order valence-electron chi connectivity index (χ1n) is 10.3. The third-order valence-corrected chi connectivity index (χ3v) is 6.75. The molecule has 4 rings (SSSR count). The molecule has 0 bridgehead atoms. The minimum atomic E-state index is 0.795. The summed E-state index contributed by atoms with van der Waals surface area (Å²) < 4.78 is 0. The number of hydrogen-bond acceptors (Lipinski definition) is 2. The van der Waals surface area contributed by atoms with Gasteiger partial charge in [0.05, 0.1) is 0 Å². The highest BCUT2D eigenvalue weighted by Crippen LogP contribution is 2.50. The molecule has 0 amide bonds. The molecular formula is C23H31ClN2. The van der Waals surface area contributed by atoms with Gasteiger partial charge in [-0.2, -0.15) is 0 Å². The van der Waals surface area contributed by atoms with Crippen molar-refractivity contribution in [2.45, 2.75) is 58.4 Å². The Morgan fingerprint density at radius 2 is 2.15 bits per heavy atom. The van der Waals surface area contributed by atoms with Gasteiger partial charge in [0.25, 0.3) is 0 Å². The lowest BCUT2D eigenvalue weighted by atomic mass is 9.92. The van der Waals surface area contributed by atoms with Crippen molar-refractivity contribution in [3.8, 4) is 0 Å². The minimum Gasteiger partial charge on any atom is -0.358 e. The van der Waals surface area contributed by atoms with E-state index in [-0.39, 0.29) is 0 Å². The van der Waals surface area contributed by atoms with E-state index >= 15 is 0 Å². The fourth-order valence-electron chi connectivity index (χ4n) is 4.76. The normalized spacial score (nSPS) is 29.5. The summed E-state index contributed by atoms with van der Waals surface area (Å²) in [6.07, 6.45) is 10.3. The molecule has 1 aliphatic heterocycles. The molecule has 1 heterocycles. The Balaban J connectivity index is 1.48. The second-order valence-electron chi connectivity index (χ2n) is 8.36. The Hall–Kier alpha value is -1.25. The van der Waals surface area contributed by atoms with Gasteiger partial charge in [-0.3, -0.25) is 4.90 Å². The molecule has 1 aromatic rings. The van der Waals surface area contributed by atoms with E-state index in [1.165, 1.54) is 61.2 Å². The van der Waals surface area contributed by atoms with Crippen molar-refractivity contribution < 1.29 is 0 Å². The van der Waals surface area contributed by atoms with E-state index in [0.717, 1.165) is 35.9 Å². The SMILES string of the molecule is CC/C=C(/NC1=C(C)CCN(C2CCC3CC3C2)C1)c1cccc(Cl)c1. The highest BCUT2D eigenvalue weighted by Gasteiger charge is 2.43. The molecule has 140 valence electrons. The van der Waals surface area contributed by atoms with Crippen molar-refractivity contribution in [1.82, 2.24) is 10.2 Å². The van der Waals surface area contributed by atoms with Crippen molar-refractivity contribution >= 4 is 17.3 Å². The third-order valence-electron chi connectivity index (χ3n) is 6.51. The molecule has 3 unspecified atom stereocenters. The molecule has 2 nitrogen and oxygen atoms in total. The summed E-state index contributed by atoms with van der Waals surface area (Å²) in [4.78, 5) is 2.74. The predicted molar refractivity (Wildman–Crippen MR) is 111 cm³/mol. The topological polar surface area (TPSA) is 15.3 Å². The van der Waals surface area contributed by atoms with Gasteiger partial charge in [0, 0.05) is 35.5 Å². The zero-order valence-corrected chi connectivity index (χ0v) is 16.9. The molecule has 1 aromatic carbocycles. The quantitative estimate of drug-likeness (QED) is 0.699. The minimum absolute atomic E-state index is 0.795. The van der Waals surface area contributed by atoms with Gasteiger partial charge in [-0.15, -0.1) is 0 Å². The van der Waals surface area contributed by atoms with Gasteiger partial charge in [-0.1, -0.05) is 42.3 Å². The van der Waals surface area contributed by atoms with Crippen LogP contribution in [0.3, 0.4) is 0 Å². The number of benzene rings is 1. The summed E-state index contributed by atoms with van der Waals surface area (Å²) >= 11 is 6.23. The summed E-state index contributed by atoms with van der Waals surface area (Å²) in [6, 6.07) is 8.97. The van der Waals surface area contributed by atoms with E-state index in [0.29, 0.717) is 0 Å². The van der Waals surface area contributed by atoms with E-state index in [2.05, 4.69) is 42.3 Å². The standard InChI is InChI=1S/C23H31ClN2/c1-3-5-22(18-6-4-7-20(24)13-18)25-23-15-26(11-10-16(23)2)21-9-8-17-12-19(17)14-21/h4-7,13,17,19,21,25H,3,8-12,14-15H2,1-2H3/b22-5+. The van der Waals surface area contributed by atoms with E-state index in [1.54, 1.807) is 0 Å². The molecule has 3 aliphatic rings. The Morgan fingerprint density at radius 3 is 2.92 bits per heavy atom. The monoisotopic (exact) mass is 370 g/mol. The first kappa shape index (κ1) is 18.1. The van der Waals surface area contributed by atoms with Crippen molar-refractivity contribution in [3.63, 3.8) is 0 Å². The molecule has 2 fully saturated rings. The smallest absolute Gasteiger partial charge is 0.0415 e. The molecule has 0 spiro atoms. The van der Waals surface area contributed by atoms with E-state index < -0.39 is 0 Å². The Labute approximate surface area is 163 Å². The van der Waals surface area contributed by atoms with Crippen molar-refractivity contribution in [2.24, 2.45) is 11.8 Å². The lowest BCUT2D eigenvalue weighted by Gasteiger charge is -2.38. The molecular weight excluding hydrogens is 340 g/mol. The van der Waals surface area contributed by atoms with Crippen molar-refractivity contribution in [1.29, 1.82) is 0 Å². The van der Waals surface area contributed by atoms with Gasteiger partial charge in [0.15, 0.2) is 0 Å². The van der Waals surface area contributed by atoms with Crippen molar-refractivity contribution in [2.75, 3.05) is 13.1 Å². The number of hydrogen-bond donors (Lipinski definition) is 1. The summed E-state index contributed by atoms with van der Waals surface area (Å²) in [7, 11) is 0.